The predicted molar refractivity (Wildman–Crippen MR) is 74.9 cm³/mol. The molecule has 0 spiro atoms. The van der Waals surface area contributed by atoms with Crippen LogP contribution in [0.3, 0.4) is 0 Å². The molecular formula is C13H15ClN2O3S. The van der Waals surface area contributed by atoms with Crippen molar-refractivity contribution in [3.8, 4) is 6.07 Å². The van der Waals surface area contributed by atoms with Gasteiger partial charge in [-0.15, -0.1) is 0 Å². The molecule has 0 heterocycles. The quantitative estimate of drug-likeness (QED) is 0.780. The van der Waals surface area contributed by atoms with Crippen LogP contribution in [0.2, 0.25) is 5.02 Å². The molecule has 0 bridgehead atoms. The van der Waals surface area contributed by atoms with E-state index in [-0.39, 0.29) is 16.5 Å². The Labute approximate surface area is 123 Å². The summed E-state index contributed by atoms with van der Waals surface area (Å²) in [5.41, 5.74) is 0.321. The lowest BCUT2D eigenvalue weighted by Gasteiger charge is -2.09. The zero-order valence-electron chi connectivity index (χ0n) is 10.8. The van der Waals surface area contributed by atoms with E-state index < -0.39 is 10.0 Å². The molecular weight excluding hydrogens is 300 g/mol. The van der Waals surface area contributed by atoms with Crippen LogP contribution in [-0.2, 0) is 14.8 Å². The van der Waals surface area contributed by atoms with Crippen molar-refractivity contribution in [1.82, 2.24) is 4.72 Å². The maximum absolute atomic E-state index is 12.0. The number of benzene rings is 1. The Bertz CT molecular complexity index is 621. The zero-order chi connectivity index (χ0) is 14.6. The van der Waals surface area contributed by atoms with Gasteiger partial charge in [0.25, 0.3) is 0 Å². The van der Waals surface area contributed by atoms with Gasteiger partial charge in [-0.25, -0.2) is 13.1 Å². The Balaban J connectivity index is 1.90. The van der Waals surface area contributed by atoms with Crippen LogP contribution in [0.5, 0.6) is 0 Å². The molecule has 1 aromatic rings. The topological polar surface area (TPSA) is 79.2 Å². The van der Waals surface area contributed by atoms with Gasteiger partial charge in [0.05, 0.1) is 23.3 Å². The highest BCUT2D eigenvalue weighted by molar-refractivity contribution is 7.89. The third kappa shape index (κ3) is 4.18. The minimum atomic E-state index is -3.67. The number of sulfonamides is 1. The maximum atomic E-state index is 12.0. The molecule has 1 fully saturated rings. The molecule has 2 rings (SSSR count). The summed E-state index contributed by atoms with van der Waals surface area (Å²) in [5.74, 6) is 0.652. The van der Waals surface area contributed by atoms with Crippen LogP contribution in [0.15, 0.2) is 23.1 Å². The predicted octanol–water partition coefficient (Wildman–Crippen LogP) is 1.92. The number of nitrogens with one attached hydrogen (secondary N) is 1. The van der Waals surface area contributed by atoms with E-state index in [2.05, 4.69) is 4.72 Å². The molecule has 1 aromatic carbocycles. The van der Waals surface area contributed by atoms with Gasteiger partial charge in [0.15, 0.2) is 0 Å². The Kier molecular flexibility index (Phi) is 5.00. The van der Waals surface area contributed by atoms with Gasteiger partial charge in [-0.3, -0.25) is 0 Å². The first-order chi connectivity index (χ1) is 9.53. The average molecular weight is 315 g/mol. The molecule has 0 aromatic heterocycles. The van der Waals surface area contributed by atoms with Crippen molar-refractivity contribution >= 4 is 21.6 Å². The second-order valence-corrected chi connectivity index (χ2v) is 6.82. The van der Waals surface area contributed by atoms with E-state index in [0.29, 0.717) is 24.7 Å². The number of halogens is 1. The molecule has 0 saturated heterocycles. The first-order valence-corrected chi connectivity index (χ1v) is 8.16. The van der Waals surface area contributed by atoms with E-state index in [1.54, 1.807) is 0 Å². The first kappa shape index (κ1) is 15.3. The Morgan fingerprint density at radius 1 is 1.45 bits per heavy atom. The third-order valence-electron chi connectivity index (χ3n) is 2.94. The average Bonchev–Trinajstić information content (AvgIpc) is 3.21. The fourth-order valence-electron chi connectivity index (χ4n) is 1.65. The fourth-order valence-corrected chi connectivity index (χ4v) is 3.20. The van der Waals surface area contributed by atoms with Gasteiger partial charge in [0.2, 0.25) is 10.0 Å². The number of hydrogen-bond donors (Lipinski definition) is 1. The van der Waals surface area contributed by atoms with Gasteiger partial charge in [-0.1, -0.05) is 11.6 Å². The molecule has 0 atom stereocenters. The number of nitrogens with zero attached hydrogens (tertiary/aromatic N) is 1. The molecule has 0 radical (unpaired) electrons. The first-order valence-electron chi connectivity index (χ1n) is 6.30. The van der Waals surface area contributed by atoms with Crippen molar-refractivity contribution in [1.29, 1.82) is 5.26 Å². The molecule has 0 amide bonds. The molecule has 108 valence electrons. The molecule has 1 saturated carbocycles. The summed E-state index contributed by atoms with van der Waals surface area (Å²) in [6.07, 6.45) is 2.40. The van der Waals surface area contributed by atoms with E-state index >= 15 is 0 Å². The Hall–Kier alpha value is -1.13. The second kappa shape index (κ2) is 6.55. The summed E-state index contributed by atoms with van der Waals surface area (Å²) in [4.78, 5) is -0.0274. The minimum Gasteiger partial charge on any atom is -0.380 e. The van der Waals surface area contributed by atoms with Crippen LogP contribution in [0, 0.1) is 17.2 Å². The molecule has 5 nitrogen and oxygen atoms in total. The highest BCUT2D eigenvalue weighted by atomic mass is 35.5. The Morgan fingerprint density at radius 2 is 2.20 bits per heavy atom. The highest BCUT2D eigenvalue weighted by Crippen LogP contribution is 2.28. The molecule has 1 aliphatic carbocycles. The standard InChI is InChI=1S/C13H15ClN2O3S/c14-12-7-11(8-15)3-4-13(12)20(17,18)16-5-6-19-9-10-1-2-10/h3-4,7,10,16H,1-2,5-6,9H2. The summed E-state index contributed by atoms with van der Waals surface area (Å²) < 4.78 is 31.8. The monoisotopic (exact) mass is 314 g/mol. The second-order valence-electron chi connectivity index (χ2n) is 4.67. The Morgan fingerprint density at radius 3 is 2.80 bits per heavy atom. The minimum absolute atomic E-state index is 0.0274. The van der Waals surface area contributed by atoms with Crippen molar-refractivity contribution in [2.45, 2.75) is 17.7 Å². The van der Waals surface area contributed by atoms with E-state index in [4.69, 9.17) is 21.6 Å². The van der Waals surface area contributed by atoms with E-state index in [1.165, 1.54) is 31.0 Å². The number of hydrogen-bond acceptors (Lipinski definition) is 4. The zero-order valence-corrected chi connectivity index (χ0v) is 12.4. The third-order valence-corrected chi connectivity index (χ3v) is 4.88. The maximum Gasteiger partial charge on any atom is 0.242 e. The van der Waals surface area contributed by atoms with Crippen LogP contribution >= 0.6 is 11.6 Å². The van der Waals surface area contributed by atoms with Gasteiger partial charge >= 0.3 is 0 Å². The van der Waals surface area contributed by atoms with E-state index in [9.17, 15) is 8.42 Å². The largest absolute Gasteiger partial charge is 0.380 e. The van der Waals surface area contributed by atoms with Crippen molar-refractivity contribution in [2.75, 3.05) is 19.8 Å². The fraction of sp³-hybridized carbons (Fsp3) is 0.462. The van der Waals surface area contributed by atoms with Gasteiger partial charge in [-0.2, -0.15) is 5.26 Å². The number of ether oxygens (including phenoxy) is 1. The number of nitriles is 1. The molecule has 1 N–H and O–H groups in total. The molecule has 0 unspecified atom stereocenters. The summed E-state index contributed by atoms with van der Waals surface area (Å²) in [6.45, 7) is 1.23. The SMILES string of the molecule is N#Cc1ccc(S(=O)(=O)NCCOCC2CC2)c(Cl)c1. The van der Waals surface area contributed by atoms with Gasteiger partial charge in [-0.05, 0) is 37.0 Å². The van der Waals surface area contributed by atoms with E-state index in [1.807, 2.05) is 6.07 Å². The van der Waals surface area contributed by atoms with Gasteiger partial charge in [0, 0.05) is 13.2 Å². The molecule has 7 heteroatoms. The molecule has 1 aliphatic rings. The summed E-state index contributed by atoms with van der Waals surface area (Å²) in [7, 11) is -3.67. The van der Waals surface area contributed by atoms with Crippen LogP contribution in [0.1, 0.15) is 18.4 Å². The molecule has 0 aliphatic heterocycles. The summed E-state index contributed by atoms with van der Waals surface area (Å²) in [5, 5.41) is 8.75. The summed E-state index contributed by atoms with van der Waals surface area (Å²) >= 11 is 5.88. The van der Waals surface area contributed by atoms with Crippen LogP contribution in [0.25, 0.3) is 0 Å². The smallest absolute Gasteiger partial charge is 0.242 e. The molecule has 20 heavy (non-hydrogen) atoms. The van der Waals surface area contributed by atoms with Gasteiger partial charge < -0.3 is 4.74 Å². The summed E-state index contributed by atoms with van der Waals surface area (Å²) in [6, 6.07) is 5.98. The van der Waals surface area contributed by atoms with Crippen molar-refractivity contribution < 1.29 is 13.2 Å². The van der Waals surface area contributed by atoms with Crippen molar-refractivity contribution in [3.05, 3.63) is 28.8 Å². The van der Waals surface area contributed by atoms with E-state index in [0.717, 1.165) is 0 Å². The van der Waals surface area contributed by atoms with Gasteiger partial charge in [0.1, 0.15) is 4.90 Å². The van der Waals surface area contributed by atoms with Crippen molar-refractivity contribution in [3.63, 3.8) is 0 Å². The number of rotatable bonds is 7. The lowest BCUT2D eigenvalue weighted by molar-refractivity contribution is 0.129. The van der Waals surface area contributed by atoms with Crippen LogP contribution in [-0.4, -0.2) is 28.2 Å². The van der Waals surface area contributed by atoms with Crippen LogP contribution < -0.4 is 4.72 Å². The highest BCUT2D eigenvalue weighted by Gasteiger charge is 2.21. The normalized spacial score (nSPS) is 15.0. The van der Waals surface area contributed by atoms with Crippen molar-refractivity contribution in [2.24, 2.45) is 5.92 Å². The van der Waals surface area contributed by atoms with Crippen LogP contribution in [0.4, 0.5) is 0 Å². The lowest BCUT2D eigenvalue weighted by atomic mass is 10.2. The lowest BCUT2D eigenvalue weighted by Crippen LogP contribution is -2.28.